The van der Waals surface area contributed by atoms with Gasteiger partial charge in [-0.3, -0.25) is 4.79 Å². The maximum Gasteiger partial charge on any atom is 0.305 e. The highest BCUT2D eigenvalue weighted by molar-refractivity contribution is 5.69. The molecule has 3 unspecified atom stereocenters. The summed E-state index contributed by atoms with van der Waals surface area (Å²) in [5.74, 6) is 0.407. The van der Waals surface area contributed by atoms with Crippen LogP contribution in [0.2, 0.25) is 0 Å². The van der Waals surface area contributed by atoms with Crippen LogP contribution < -0.4 is 0 Å². The Morgan fingerprint density at radius 1 is 1.44 bits per heavy atom. The molecule has 0 aromatic rings. The van der Waals surface area contributed by atoms with Crippen molar-refractivity contribution in [3.63, 3.8) is 0 Å². The summed E-state index contributed by atoms with van der Waals surface area (Å²) in [6, 6.07) is 0. The molecule has 3 heteroatoms. The van der Waals surface area contributed by atoms with Crippen molar-refractivity contribution in [2.75, 3.05) is 0 Å². The summed E-state index contributed by atoms with van der Waals surface area (Å²) in [5, 5.41) is 0. The Kier molecular flexibility index (Phi) is 2.77. The molecular weight excluding hydrogens is 204 g/mol. The van der Waals surface area contributed by atoms with Crippen LogP contribution in [0.5, 0.6) is 0 Å². The number of esters is 1. The molecule has 0 amide bonds. The number of fused-ring (bicyclic) bond motifs is 3. The van der Waals surface area contributed by atoms with E-state index in [-0.39, 0.29) is 23.3 Å². The molecular formula is C13H22O3. The third-order valence-electron chi connectivity index (χ3n) is 4.21. The molecule has 0 spiro atoms. The highest BCUT2D eigenvalue weighted by Crippen LogP contribution is 2.50. The summed E-state index contributed by atoms with van der Waals surface area (Å²) < 4.78 is 11.6. The zero-order chi connectivity index (χ0) is 12.0. The standard InChI is InChI=1S/C13H22O3/c1-5-11(14)15-10-8-9-6-7-13(10,4)16-12(9,2)3/h9-10H,5-8H2,1-4H3. The van der Waals surface area contributed by atoms with Crippen LogP contribution in [0.3, 0.4) is 0 Å². The minimum atomic E-state index is -0.275. The Bertz CT molecular complexity index is 298. The summed E-state index contributed by atoms with van der Waals surface area (Å²) >= 11 is 0. The topological polar surface area (TPSA) is 35.5 Å². The van der Waals surface area contributed by atoms with Gasteiger partial charge < -0.3 is 9.47 Å². The normalized spacial score (nSPS) is 40.8. The molecule has 3 fully saturated rings. The minimum Gasteiger partial charge on any atom is -0.459 e. The number of hydrogen-bond donors (Lipinski definition) is 0. The summed E-state index contributed by atoms with van der Waals surface area (Å²) in [5.41, 5.74) is -0.342. The highest BCUT2D eigenvalue weighted by atomic mass is 16.6. The average molecular weight is 226 g/mol. The SMILES string of the molecule is CCC(=O)OC1CC2CCC1(C)OC2(C)C. The lowest BCUT2D eigenvalue weighted by atomic mass is 9.67. The molecule has 0 aromatic heterocycles. The van der Waals surface area contributed by atoms with Crippen molar-refractivity contribution in [3.8, 4) is 0 Å². The molecule has 2 bridgehead atoms. The van der Waals surface area contributed by atoms with Crippen molar-refractivity contribution in [1.82, 2.24) is 0 Å². The monoisotopic (exact) mass is 226 g/mol. The highest BCUT2D eigenvalue weighted by Gasteiger charge is 2.55. The second kappa shape index (κ2) is 3.73. The van der Waals surface area contributed by atoms with Crippen LogP contribution in [0, 0.1) is 5.92 Å². The molecule has 0 N–H and O–H groups in total. The molecule has 3 rings (SSSR count). The Labute approximate surface area is 97.5 Å². The van der Waals surface area contributed by atoms with Crippen molar-refractivity contribution in [2.24, 2.45) is 5.92 Å². The van der Waals surface area contributed by atoms with Gasteiger partial charge in [-0.2, -0.15) is 0 Å². The molecule has 2 aliphatic heterocycles. The molecule has 3 aliphatic rings. The number of ether oxygens (including phenoxy) is 2. The number of carbonyl (C=O) groups excluding carboxylic acids is 1. The summed E-state index contributed by atoms with van der Waals surface area (Å²) in [4.78, 5) is 11.4. The third-order valence-corrected chi connectivity index (χ3v) is 4.21. The number of carbonyl (C=O) groups is 1. The second-order valence-corrected chi connectivity index (χ2v) is 5.82. The van der Waals surface area contributed by atoms with Gasteiger partial charge in [-0.05, 0) is 46.0 Å². The van der Waals surface area contributed by atoms with E-state index in [0.717, 1.165) is 12.8 Å². The van der Waals surface area contributed by atoms with E-state index in [4.69, 9.17) is 9.47 Å². The fraction of sp³-hybridized carbons (Fsp3) is 0.923. The van der Waals surface area contributed by atoms with Gasteiger partial charge in [0.15, 0.2) is 0 Å². The van der Waals surface area contributed by atoms with E-state index in [1.165, 1.54) is 6.42 Å². The van der Waals surface area contributed by atoms with Gasteiger partial charge in [0.2, 0.25) is 0 Å². The molecule has 0 aromatic carbocycles. The van der Waals surface area contributed by atoms with Gasteiger partial charge in [0.05, 0.1) is 5.60 Å². The fourth-order valence-corrected chi connectivity index (χ4v) is 3.09. The zero-order valence-electron chi connectivity index (χ0n) is 10.7. The van der Waals surface area contributed by atoms with Gasteiger partial charge in [0.1, 0.15) is 11.7 Å². The van der Waals surface area contributed by atoms with E-state index in [1.807, 2.05) is 6.92 Å². The number of hydrogen-bond acceptors (Lipinski definition) is 3. The lowest BCUT2D eigenvalue weighted by Crippen LogP contribution is -2.62. The van der Waals surface area contributed by atoms with Crippen LogP contribution in [-0.4, -0.2) is 23.3 Å². The lowest BCUT2D eigenvalue weighted by Gasteiger charge is -2.56. The van der Waals surface area contributed by atoms with Gasteiger partial charge in [-0.15, -0.1) is 0 Å². The summed E-state index contributed by atoms with van der Waals surface area (Å²) in [7, 11) is 0. The Morgan fingerprint density at radius 2 is 2.12 bits per heavy atom. The van der Waals surface area contributed by atoms with E-state index in [1.54, 1.807) is 0 Å². The molecule has 1 aliphatic carbocycles. The zero-order valence-corrected chi connectivity index (χ0v) is 10.7. The number of rotatable bonds is 2. The summed E-state index contributed by atoms with van der Waals surface area (Å²) in [6.07, 6.45) is 3.54. The van der Waals surface area contributed by atoms with Crippen molar-refractivity contribution < 1.29 is 14.3 Å². The smallest absolute Gasteiger partial charge is 0.305 e. The van der Waals surface area contributed by atoms with Crippen molar-refractivity contribution in [2.45, 2.75) is 70.7 Å². The molecule has 2 saturated heterocycles. The van der Waals surface area contributed by atoms with Crippen LogP contribution in [0.25, 0.3) is 0 Å². The van der Waals surface area contributed by atoms with E-state index < -0.39 is 0 Å². The Morgan fingerprint density at radius 3 is 2.62 bits per heavy atom. The van der Waals surface area contributed by atoms with E-state index >= 15 is 0 Å². The van der Waals surface area contributed by atoms with E-state index in [9.17, 15) is 4.79 Å². The summed E-state index contributed by atoms with van der Waals surface area (Å²) in [6.45, 7) is 8.20. The van der Waals surface area contributed by atoms with Gasteiger partial charge in [0.25, 0.3) is 0 Å². The molecule has 16 heavy (non-hydrogen) atoms. The molecule has 2 heterocycles. The van der Waals surface area contributed by atoms with E-state index in [2.05, 4.69) is 20.8 Å². The molecule has 3 atom stereocenters. The van der Waals surface area contributed by atoms with E-state index in [0.29, 0.717) is 12.3 Å². The van der Waals surface area contributed by atoms with Gasteiger partial charge in [-0.1, -0.05) is 6.92 Å². The molecule has 1 saturated carbocycles. The van der Waals surface area contributed by atoms with Gasteiger partial charge >= 0.3 is 5.97 Å². The fourth-order valence-electron chi connectivity index (χ4n) is 3.09. The van der Waals surface area contributed by atoms with Crippen LogP contribution >= 0.6 is 0 Å². The minimum absolute atomic E-state index is 0.0493. The first kappa shape index (κ1) is 11.9. The van der Waals surface area contributed by atoms with Crippen LogP contribution in [-0.2, 0) is 14.3 Å². The Hall–Kier alpha value is -0.570. The first-order valence-corrected chi connectivity index (χ1v) is 6.27. The molecule has 0 radical (unpaired) electrons. The van der Waals surface area contributed by atoms with Crippen LogP contribution in [0.15, 0.2) is 0 Å². The van der Waals surface area contributed by atoms with Gasteiger partial charge in [-0.25, -0.2) is 0 Å². The molecule has 92 valence electrons. The predicted molar refractivity (Wildman–Crippen MR) is 61.1 cm³/mol. The largest absolute Gasteiger partial charge is 0.459 e. The maximum atomic E-state index is 11.4. The van der Waals surface area contributed by atoms with Crippen molar-refractivity contribution >= 4 is 5.97 Å². The van der Waals surface area contributed by atoms with Crippen molar-refractivity contribution in [3.05, 3.63) is 0 Å². The first-order valence-electron chi connectivity index (χ1n) is 6.27. The maximum absolute atomic E-state index is 11.4. The first-order chi connectivity index (χ1) is 7.37. The molecule has 3 nitrogen and oxygen atoms in total. The third kappa shape index (κ3) is 1.86. The average Bonchev–Trinajstić information content (AvgIpc) is 2.18. The van der Waals surface area contributed by atoms with Crippen LogP contribution in [0.4, 0.5) is 0 Å². The van der Waals surface area contributed by atoms with Crippen molar-refractivity contribution in [1.29, 1.82) is 0 Å². The quantitative estimate of drug-likeness (QED) is 0.679. The predicted octanol–water partition coefficient (Wildman–Crippen LogP) is 2.68. The van der Waals surface area contributed by atoms with Gasteiger partial charge in [0, 0.05) is 6.42 Å². The lowest BCUT2D eigenvalue weighted by molar-refractivity contribution is -0.278. The van der Waals surface area contributed by atoms with Crippen LogP contribution in [0.1, 0.15) is 53.4 Å². The Balaban J connectivity index is 2.11. The second-order valence-electron chi connectivity index (χ2n) is 5.82.